The van der Waals surface area contributed by atoms with Crippen LogP contribution in [0.1, 0.15) is 0 Å². The van der Waals surface area contributed by atoms with E-state index in [0.717, 1.165) is 31.9 Å². The van der Waals surface area contributed by atoms with Gasteiger partial charge in [0.05, 0.1) is 18.0 Å². The Bertz CT molecular complexity index is 423. The van der Waals surface area contributed by atoms with Crippen LogP contribution in [0.3, 0.4) is 0 Å². The zero-order valence-corrected chi connectivity index (χ0v) is 12.4. The normalized spacial score (nSPS) is 18.4. The number of rotatable bonds is 4. The second-order valence-corrected chi connectivity index (χ2v) is 5.19. The molecule has 1 fully saturated rings. The van der Waals surface area contributed by atoms with Gasteiger partial charge in [0, 0.05) is 37.9 Å². The van der Waals surface area contributed by atoms with E-state index < -0.39 is 6.23 Å². The molecule has 19 heavy (non-hydrogen) atoms. The van der Waals surface area contributed by atoms with Gasteiger partial charge in [-0.2, -0.15) is 0 Å². The van der Waals surface area contributed by atoms with Gasteiger partial charge in [-0.05, 0) is 12.1 Å². The summed E-state index contributed by atoms with van der Waals surface area (Å²) in [6.07, 6.45) is -0.552. The minimum absolute atomic E-state index is 0.245. The number of aliphatic hydroxyl groups excluding tert-OH is 1. The number of aliphatic hydroxyl groups is 1. The molecule has 0 saturated carbocycles. The van der Waals surface area contributed by atoms with Crippen molar-refractivity contribution in [3.8, 4) is 5.75 Å². The monoisotopic (exact) mass is 304 g/mol. The summed E-state index contributed by atoms with van der Waals surface area (Å²) in [6.45, 7) is 3.27. The van der Waals surface area contributed by atoms with E-state index in [1.807, 2.05) is 23.1 Å². The maximum absolute atomic E-state index is 9.70. The lowest BCUT2D eigenvalue weighted by Crippen LogP contribution is -2.51. The summed E-state index contributed by atoms with van der Waals surface area (Å²) in [5, 5.41) is 10.3. The van der Waals surface area contributed by atoms with E-state index >= 15 is 0 Å². The Morgan fingerprint density at radius 3 is 2.58 bits per heavy atom. The van der Waals surface area contributed by atoms with Crippen LogP contribution >= 0.6 is 23.2 Å². The van der Waals surface area contributed by atoms with Crippen molar-refractivity contribution in [3.63, 3.8) is 0 Å². The minimum atomic E-state index is -0.552. The first kappa shape index (κ1) is 14.7. The predicted molar refractivity (Wildman–Crippen MR) is 78.5 cm³/mol. The average molecular weight is 305 g/mol. The summed E-state index contributed by atoms with van der Waals surface area (Å²) in [4.78, 5) is 4.23. The minimum Gasteiger partial charge on any atom is -0.495 e. The molecule has 1 N–H and O–H groups in total. The van der Waals surface area contributed by atoms with Crippen LogP contribution in [-0.4, -0.2) is 55.4 Å². The Balaban J connectivity index is 2.01. The number of hydrogen-bond donors (Lipinski definition) is 1. The van der Waals surface area contributed by atoms with E-state index in [-0.39, 0.29) is 5.88 Å². The number of piperazine rings is 1. The quantitative estimate of drug-likeness (QED) is 0.864. The molecule has 0 aliphatic carbocycles. The molecule has 1 heterocycles. The summed E-state index contributed by atoms with van der Waals surface area (Å²) in [5.41, 5.74) is 1.08. The second-order valence-electron chi connectivity index (χ2n) is 4.48. The predicted octanol–water partition coefficient (Wildman–Crippen LogP) is 2.03. The summed E-state index contributed by atoms with van der Waals surface area (Å²) < 4.78 is 5.23. The van der Waals surface area contributed by atoms with E-state index in [4.69, 9.17) is 27.9 Å². The van der Waals surface area contributed by atoms with Crippen LogP contribution in [0.2, 0.25) is 5.02 Å². The van der Waals surface area contributed by atoms with Gasteiger partial charge < -0.3 is 14.7 Å². The molecule has 0 aromatic heterocycles. The number of anilines is 1. The fourth-order valence-electron chi connectivity index (χ4n) is 2.22. The summed E-state index contributed by atoms with van der Waals surface area (Å²) in [5.74, 6) is 0.928. The molecule has 0 bridgehead atoms. The van der Waals surface area contributed by atoms with Crippen LogP contribution in [0.25, 0.3) is 0 Å². The van der Waals surface area contributed by atoms with Crippen LogP contribution in [0.15, 0.2) is 18.2 Å². The number of nitrogens with zero attached hydrogens (tertiary/aromatic N) is 2. The third-order valence-corrected chi connectivity index (χ3v) is 3.96. The third-order valence-electron chi connectivity index (χ3n) is 3.37. The Labute approximate surface area is 123 Å². The van der Waals surface area contributed by atoms with Gasteiger partial charge in [0.25, 0.3) is 0 Å². The molecule has 0 amide bonds. The van der Waals surface area contributed by atoms with Crippen LogP contribution in [0, 0.1) is 0 Å². The van der Waals surface area contributed by atoms with Crippen molar-refractivity contribution in [2.24, 2.45) is 0 Å². The molecule has 1 aromatic carbocycles. The van der Waals surface area contributed by atoms with Crippen LogP contribution < -0.4 is 9.64 Å². The van der Waals surface area contributed by atoms with Crippen molar-refractivity contribution in [3.05, 3.63) is 23.2 Å². The van der Waals surface area contributed by atoms with Gasteiger partial charge in [0.1, 0.15) is 12.0 Å². The average Bonchev–Trinajstić information content (AvgIpc) is 2.47. The Hall–Kier alpha value is -0.680. The molecule has 1 saturated heterocycles. The van der Waals surface area contributed by atoms with Crippen molar-refractivity contribution in [1.82, 2.24) is 4.90 Å². The van der Waals surface area contributed by atoms with Gasteiger partial charge in [-0.15, -0.1) is 11.6 Å². The van der Waals surface area contributed by atoms with Crippen LogP contribution in [0.4, 0.5) is 5.69 Å². The van der Waals surface area contributed by atoms with E-state index in [1.54, 1.807) is 7.11 Å². The van der Waals surface area contributed by atoms with Crippen molar-refractivity contribution < 1.29 is 9.84 Å². The van der Waals surface area contributed by atoms with Crippen LogP contribution in [0.5, 0.6) is 5.75 Å². The number of alkyl halides is 1. The lowest BCUT2D eigenvalue weighted by molar-refractivity contribution is 0.0180. The molecule has 4 nitrogen and oxygen atoms in total. The molecule has 0 spiro atoms. The van der Waals surface area contributed by atoms with Crippen molar-refractivity contribution in [2.45, 2.75) is 6.23 Å². The molecule has 106 valence electrons. The topological polar surface area (TPSA) is 35.9 Å². The summed E-state index contributed by atoms with van der Waals surface area (Å²) in [6, 6.07) is 5.77. The van der Waals surface area contributed by atoms with Crippen molar-refractivity contribution >= 4 is 28.9 Å². The molecule has 2 rings (SSSR count). The van der Waals surface area contributed by atoms with Gasteiger partial charge in [0.15, 0.2) is 0 Å². The first-order valence-corrected chi connectivity index (χ1v) is 7.13. The largest absolute Gasteiger partial charge is 0.495 e. The molecule has 1 atom stereocenters. The van der Waals surface area contributed by atoms with Crippen LogP contribution in [-0.2, 0) is 0 Å². The Morgan fingerprint density at radius 2 is 2.00 bits per heavy atom. The molecule has 0 unspecified atom stereocenters. The van der Waals surface area contributed by atoms with E-state index in [1.165, 1.54) is 0 Å². The fourth-order valence-corrected chi connectivity index (χ4v) is 2.61. The first-order valence-electron chi connectivity index (χ1n) is 6.22. The van der Waals surface area contributed by atoms with Gasteiger partial charge >= 0.3 is 0 Å². The van der Waals surface area contributed by atoms with E-state index in [2.05, 4.69) is 4.90 Å². The highest BCUT2D eigenvalue weighted by Crippen LogP contribution is 2.29. The lowest BCUT2D eigenvalue weighted by Gasteiger charge is -2.37. The van der Waals surface area contributed by atoms with Gasteiger partial charge in [-0.1, -0.05) is 11.6 Å². The van der Waals surface area contributed by atoms with E-state index in [9.17, 15) is 5.11 Å². The van der Waals surface area contributed by atoms with Crippen molar-refractivity contribution in [1.29, 1.82) is 0 Å². The summed E-state index contributed by atoms with van der Waals surface area (Å²) in [7, 11) is 1.61. The van der Waals surface area contributed by atoms with E-state index in [0.29, 0.717) is 10.8 Å². The maximum Gasteiger partial charge on any atom is 0.139 e. The SMILES string of the molecule is COc1cc(N2CCN([C@@H](O)CCl)CC2)ccc1Cl. The van der Waals surface area contributed by atoms with Crippen molar-refractivity contribution in [2.75, 3.05) is 44.1 Å². The molecular weight excluding hydrogens is 287 g/mol. The molecular formula is C13H18Cl2N2O2. The smallest absolute Gasteiger partial charge is 0.139 e. The zero-order chi connectivity index (χ0) is 13.8. The Kier molecular flexibility index (Phi) is 5.16. The molecule has 6 heteroatoms. The molecule has 1 aliphatic heterocycles. The molecule has 1 aliphatic rings. The Morgan fingerprint density at radius 1 is 1.32 bits per heavy atom. The first-order chi connectivity index (χ1) is 9.15. The van der Waals surface area contributed by atoms with Gasteiger partial charge in [-0.25, -0.2) is 0 Å². The highest BCUT2D eigenvalue weighted by molar-refractivity contribution is 6.32. The number of benzene rings is 1. The number of ether oxygens (including phenoxy) is 1. The fraction of sp³-hybridized carbons (Fsp3) is 0.538. The summed E-state index contributed by atoms with van der Waals surface area (Å²) >= 11 is 11.7. The highest BCUT2D eigenvalue weighted by Gasteiger charge is 2.22. The second kappa shape index (κ2) is 6.66. The molecule has 0 radical (unpaired) electrons. The number of methoxy groups -OCH3 is 1. The van der Waals surface area contributed by atoms with Gasteiger partial charge in [-0.3, -0.25) is 4.90 Å². The lowest BCUT2D eigenvalue weighted by atomic mass is 10.2. The number of hydrogen-bond acceptors (Lipinski definition) is 4. The maximum atomic E-state index is 9.70. The molecule has 1 aromatic rings. The number of halogens is 2. The highest BCUT2D eigenvalue weighted by atomic mass is 35.5. The zero-order valence-electron chi connectivity index (χ0n) is 10.9. The van der Waals surface area contributed by atoms with Gasteiger partial charge in [0.2, 0.25) is 0 Å². The third kappa shape index (κ3) is 3.45. The standard InChI is InChI=1S/C13H18Cl2N2O2/c1-19-12-8-10(2-3-11(12)15)16-4-6-17(7-5-16)13(18)9-14/h2-3,8,13,18H,4-7,9H2,1H3/t13-/m0/s1.